The topological polar surface area (TPSA) is 46.2 Å². The average molecular weight is 177 g/mol. The molecule has 0 radical (unpaired) electrons. The molecule has 1 aliphatic rings. The smallest absolute Gasteiger partial charge is 0.0926 e. The maximum atomic E-state index is 10.1. The summed E-state index contributed by atoms with van der Waals surface area (Å²) in [6.07, 6.45) is 1.38. The number of benzene rings is 1. The fourth-order valence-electron chi connectivity index (χ4n) is 1.98. The normalized spacial score (nSPS) is 32.7. The van der Waals surface area contributed by atoms with Gasteiger partial charge < -0.3 is 10.8 Å². The van der Waals surface area contributed by atoms with Crippen LogP contribution in [-0.2, 0) is 5.60 Å². The molecule has 0 amide bonds. The van der Waals surface area contributed by atoms with Crippen molar-refractivity contribution in [2.75, 3.05) is 0 Å². The Morgan fingerprint density at radius 3 is 2.69 bits per heavy atom. The van der Waals surface area contributed by atoms with E-state index in [1.807, 2.05) is 31.2 Å². The monoisotopic (exact) mass is 177 g/mol. The van der Waals surface area contributed by atoms with Crippen LogP contribution in [0, 0.1) is 6.92 Å². The second-order valence-corrected chi connectivity index (χ2v) is 4.07. The van der Waals surface area contributed by atoms with E-state index in [-0.39, 0.29) is 6.04 Å². The van der Waals surface area contributed by atoms with E-state index in [4.69, 9.17) is 5.73 Å². The second-order valence-electron chi connectivity index (χ2n) is 4.07. The molecule has 1 aromatic rings. The van der Waals surface area contributed by atoms with E-state index in [0.29, 0.717) is 12.8 Å². The standard InChI is InChI=1S/C11H15NO/c1-8-3-2-4-9(5-8)11(13)6-10(12)7-11/h2-5,10,13H,6-7,12H2,1H3. The van der Waals surface area contributed by atoms with Crippen LogP contribution in [0.15, 0.2) is 24.3 Å². The van der Waals surface area contributed by atoms with Gasteiger partial charge in [0, 0.05) is 6.04 Å². The van der Waals surface area contributed by atoms with E-state index >= 15 is 0 Å². The van der Waals surface area contributed by atoms with Crippen LogP contribution in [0.3, 0.4) is 0 Å². The molecule has 0 atom stereocenters. The lowest BCUT2D eigenvalue weighted by Gasteiger charge is -2.42. The molecule has 0 unspecified atom stereocenters. The Kier molecular flexibility index (Phi) is 1.90. The summed E-state index contributed by atoms with van der Waals surface area (Å²) in [6, 6.07) is 8.19. The number of hydrogen-bond acceptors (Lipinski definition) is 2. The molecule has 0 aliphatic heterocycles. The van der Waals surface area contributed by atoms with E-state index in [9.17, 15) is 5.11 Å². The van der Waals surface area contributed by atoms with Gasteiger partial charge in [0.05, 0.1) is 5.60 Å². The Morgan fingerprint density at radius 1 is 1.46 bits per heavy atom. The van der Waals surface area contributed by atoms with Crippen molar-refractivity contribution in [3.8, 4) is 0 Å². The summed E-state index contributed by atoms with van der Waals surface area (Å²) in [5, 5.41) is 10.1. The highest BCUT2D eigenvalue weighted by Gasteiger charge is 2.41. The number of aliphatic hydroxyl groups is 1. The molecule has 0 saturated heterocycles. The lowest BCUT2D eigenvalue weighted by molar-refractivity contribution is -0.0523. The molecule has 2 heteroatoms. The molecule has 0 aromatic heterocycles. The minimum absolute atomic E-state index is 0.172. The molecular weight excluding hydrogens is 162 g/mol. The van der Waals surface area contributed by atoms with E-state index in [2.05, 4.69) is 0 Å². The van der Waals surface area contributed by atoms with Gasteiger partial charge in [0.2, 0.25) is 0 Å². The molecule has 3 N–H and O–H groups in total. The van der Waals surface area contributed by atoms with Crippen molar-refractivity contribution in [3.63, 3.8) is 0 Å². The van der Waals surface area contributed by atoms with Crippen LogP contribution in [0.5, 0.6) is 0 Å². The Bertz CT molecular complexity index is 316. The number of nitrogens with two attached hydrogens (primary N) is 1. The van der Waals surface area contributed by atoms with Gasteiger partial charge in [-0.15, -0.1) is 0 Å². The van der Waals surface area contributed by atoms with Crippen molar-refractivity contribution in [1.82, 2.24) is 0 Å². The van der Waals surface area contributed by atoms with E-state index in [0.717, 1.165) is 5.56 Å². The predicted molar refractivity (Wildman–Crippen MR) is 52.3 cm³/mol. The van der Waals surface area contributed by atoms with Crippen molar-refractivity contribution >= 4 is 0 Å². The molecule has 1 aliphatic carbocycles. The van der Waals surface area contributed by atoms with Crippen molar-refractivity contribution in [3.05, 3.63) is 35.4 Å². The lowest BCUT2D eigenvalue weighted by atomic mass is 9.71. The van der Waals surface area contributed by atoms with Gasteiger partial charge in [0.1, 0.15) is 0 Å². The van der Waals surface area contributed by atoms with Crippen molar-refractivity contribution in [1.29, 1.82) is 0 Å². The van der Waals surface area contributed by atoms with Crippen LogP contribution in [-0.4, -0.2) is 11.1 Å². The number of aryl methyl sites for hydroxylation is 1. The van der Waals surface area contributed by atoms with Gasteiger partial charge in [-0.1, -0.05) is 29.8 Å². The van der Waals surface area contributed by atoms with Crippen LogP contribution in [0.2, 0.25) is 0 Å². The summed E-state index contributed by atoms with van der Waals surface area (Å²) < 4.78 is 0. The summed E-state index contributed by atoms with van der Waals surface area (Å²) in [7, 11) is 0. The van der Waals surface area contributed by atoms with Gasteiger partial charge in [0.25, 0.3) is 0 Å². The lowest BCUT2D eigenvalue weighted by Crippen LogP contribution is -2.49. The van der Waals surface area contributed by atoms with Gasteiger partial charge in [-0.2, -0.15) is 0 Å². The molecule has 2 rings (SSSR count). The Hall–Kier alpha value is -0.860. The summed E-state index contributed by atoms with van der Waals surface area (Å²) in [5.74, 6) is 0. The largest absolute Gasteiger partial charge is 0.385 e. The van der Waals surface area contributed by atoms with Gasteiger partial charge in [0.15, 0.2) is 0 Å². The third kappa shape index (κ3) is 1.47. The van der Waals surface area contributed by atoms with Gasteiger partial charge in [-0.05, 0) is 25.3 Å². The van der Waals surface area contributed by atoms with Gasteiger partial charge in [-0.3, -0.25) is 0 Å². The molecule has 0 spiro atoms. The second kappa shape index (κ2) is 2.82. The molecule has 70 valence electrons. The maximum Gasteiger partial charge on any atom is 0.0926 e. The molecule has 1 fully saturated rings. The van der Waals surface area contributed by atoms with Crippen LogP contribution < -0.4 is 5.73 Å². The van der Waals surface area contributed by atoms with Crippen LogP contribution >= 0.6 is 0 Å². The SMILES string of the molecule is Cc1cccc(C2(O)CC(N)C2)c1. The fraction of sp³-hybridized carbons (Fsp3) is 0.455. The summed E-state index contributed by atoms with van der Waals surface area (Å²) >= 11 is 0. The minimum atomic E-state index is -0.647. The quantitative estimate of drug-likeness (QED) is 0.679. The van der Waals surface area contributed by atoms with E-state index < -0.39 is 5.60 Å². The molecule has 1 saturated carbocycles. The molecule has 13 heavy (non-hydrogen) atoms. The van der Waals surface area contributed by atoms with E-state index in [1.54, 1.807) is 0 Å². The van der Waals surface area contributed by atoms with Gasteiger partial charge in [-0.25, -0.2) is 0 Å². The first-order valence-corrected chi connectivity index (χ1v) is 4.65. The zero-order chi connectivity index (χ0) is 9.47. The van der Waals surface area contributed by atoms with Crippen molar-refractivity contribution < 1.29 is 5.11 Å². The van der Waals surface area contributed by atoms with Crippen molar-refractivity contribution in [2.45, 2.75) is 31.4 Å². The Labute approximate surface area is 78.4 Å². The third-order valence-corrected chi connectivity index (χ3v) is 2.76. The highest BCUT2D eigenvalue weighted by Crippen LogP contribution is 2.40. The summed E-state index contributed by atoms with van der Waals surface area (Å²) in [4.78, 5) is 0. The number of rotatable bonds is 1. The Balaban J connectivity index is 2.26. The fourth-order valence-corrected chi connectivity index (χ4v) is 1.98. The van der Waals surface area contributed by atoms with E-state index in [1.165, 1.54) is 5.56 Å². The van der Waals surface area contributed by atoms with Crippen LogP contribution in [0.25, 0.3) is 0 Å². The van der Waals surface area contributed by atoms with Gasteiger partial charge >= 0.3 is 0 Å². The zero-order valence-electron chi connectivity index (χ0n) is 7.83. The summed E-state index contributed by atoms with van der Waals surface area (Å²) in [5.41, 5.74) is 7.22. The Morgan fingerprint density at radius 2 is 2.15 bits per heavy atom. The zero-order valence-corrected chi connectivity index (χ0v) is 7.83. The molecule has 1 aromatic carbocycles. The maximum absolute atomic E-state index is 10.1. The highest BCUT2D eigenvalue weighted by molar-refractivity contribution is 5.30. The predicted octanol–water partition coefficient (Wildman–Crippen LogP) is 1.30. The molecule has 0 heterocycles. The minimum Gasteiger partial charge on any atom is -0.385 e. The first-order valence-electron chi connectivity index (χ1n) is 4.65. The third-order valence-electron chi connectivity index (χ3n) is 2.76. The van der Waals surface area contributed by atoms with Crippen LogP contribution in [0.4, 0.5) is 0 Å². The summed E-state index contributed by atoms with van der Waals surface area (Å²) in [6.45, 7) is 2.03. The first kappa shape index (κ1) is 8.73. The first-order chi connectivity index (χ1) is 6.10. The molecule has 0 bridgehead atoms. The van der Waals surface area contributed by atoms with Crippen LogP contribution in [0.1, 0.15) is 24.0 Å². The molecular formula is C11H15NO. The average Bonchev–Trinajstić information content (AvgIpc) is 2.02. The molecule has 2 nitrogen and oxygen atoms in total. The van der Waals surface area contributed by atoms with Crippen molar-refractivity contribution in [2.24, 2.45) is 5.73 Å². The number of hydrogen-bond donors (Lipinski definition) is 2. The highest BCUT2D eigenvalue weighted by atomic mass is 16.3.